The number of hydrogen-bond acceptors (Lipinski definition) is 4. The van der Waals surface area contributed by atoms with Crippen molar-refractivity contribution < 1.29 is 33.0 Å². The molecule has 0 saturated heterocycles. The van der Waals surface area contributed by atoms with Crippen LogP contribution in [0.25, 0.3) is 11.1 Å². The van der Waals surface area contributed by atoms with Gasteiger partial charge >= 0.3 is 5.97 Å². The van der Waals surface area contributed by atoms with Crippen LogP contribution in [0.15, 0.2) is 91.0 Å². The number of carboxylic acids is 1. The Bertz CT molecular complexity index is 1570. The highest BCUT2D eigenvalue weighted by Gasteiger charge is 2.22. The van der Waals surface area contributed by atoms with E-state index in [0.717, 1.165) is 23.8 Å². The fraction of sp³-hybridized carbons (Fsp3) is 0.182. The summed E-state index contributed by atoms with van der Waals surface area (Å²) >= 11 is 0. The van der Waals surface area contributed by atoms with Crippen LogP contribution in [0.1, 0.15) is 38.3 Å². The molecule has 0 heterocycles. The Morgan fingerprint density at radius 3 is 2.10 bits per heavy atom. The molecule has 0 aliphatic rings. The first-order chi connectivity index (χ1) is 20.2. The summed E-state index contributed by atoms with van der Waals surface area (Å²) in [6, 6.07) is 24.0. The average Bonchev–Trinajstić information content (AvgIpc) is 2.99. The van der Waals surface area contributed by atoms with Crippen LogP contribution in [-0.2, 0) is 17.8 Å². The molecular weight excluding hydrogens is 542 g/mol. The highest BCUT2D eigenvalue weighted by Crippen LogP contribution is 2.29. The van der Waals surface area contributed by atoms with Gasteiger partial charge in [-0.1, -0.05) is 48.5 Å². The van der Waals surface area contributed by atoms with E-state index in [-0.39, 0.29) is 43.1 Å². The fourth-order valence-electron chi connectivity index (χ4n) is 4.62. The summed E-state index contributed by atoms with van der Waals surface area (Å²) in [5.41, 5.74) is 2.74. The first kappa shape index (κ1) is 29.9. The molecule has 42 heavy (non-hydrogen) atoms. The molecule has 7 nitrogen and oxygen atoms in total. The standard InChI is InChI=1S/C33H30F2N2O5/c1-42-26-8-6-7-22(19-26)13-15-37(16-14-31(38)39)33(41)30-12-5-3-10-28(30)27-9-2-4-11-29(27)32(40)36-21-23-17-24(34)20-25(35)18-23/h2-12,17-20H,13-16,21H2,1H3,(H,36,40)(H,38,39). The van der Waals surface area contributed by atoms with Gasteiger partial charge < -0.3 is 20.1 Å². The zero-order valence-electron chi connectivity index (χ0n) is 23.0. The summed E-state index contributed by atoms with van der Waals surface area (Å²) in [5, 5.41) is 12.0. The number of amides is 2. The van der Waals surface area contributed by atoms with Gasteiger partial charge in [0.2, 0.25) is 0 Å². The number of carbonyl (C=O) groups excluding carboxylic acids is 2. The summed E-state index contributed by atoms with van der Waals surface area (Å²) in [4.78, 5) is 40.0. The van der Waals surface area contributed by atoms with Gasteiger partial charge in [-0.05, 0) is 65.1 Å². The van der Waals surface area contributed by atoms with E-state index < -0.39 is 23.5 Å². The molecule has 0 spiro atoms. The number of halogens is 2. The Morgan fingerprint density at radius 2 is 1.43 bits per heavy atom. The number of carboxylic acid groups (broad SMARTS) is 1. The second-order valence-corrected chi connectivity index (χ2v) is 9.59. The van der Waals surface area contributed by atoms with E-state index in [1.807, 2.05) is 24.3 Å². The largest absolute Gasteiger partial charge is 0.497 e. The Hall–Kier alpha value is -5.05. The third kappa shape index (κ3) is 7.78. The summed E-state index contributed by atoms with van der Waals surface area (Å²) < 4.78 is 32.5. The molecule has 0 atom stereocenters. The number of methoxy groups -OCH3 is 1. The van der Waals surface area contributed by atoms with Crippen molar-refractivity contribution in [2.24, 2.45) is 0 Å². The van der Waals surface area contributed by atoms with Gasteiger partial charge in [0.1, 0.15) is 17.4 Å². The smallest absolute Gasteiger partial charge is 0.305 e. The lowest BCUT2D eigenvalue weighted by atomic mass is 9.94. The van der Waals surface area contributed by atoms with Gasteiger partial charge in [0.15, 0.2) is 0 Å². The minimum absolute atomic E-state index is 0.00119. The van der Waals surface area contributed by atoms with Crippen LogP contribution in [0, 0.1) is 11.6 Å². The number of carbonyl (C=O) groups is 3. The minimum atomic E-state index is -1.03. The van der Waals surface area contributed by atoms with E-state index in [4.69, 9.17) is 4.74 Å². The molecule has 4 aromatic rings. The summed E-state index contributed by atoms with van der Waals surface area (Å²) in [6.07, 6.45) is 0.246. The van der Waals surface area contributed by atoms with Crippen molar-refractivity contribution in [3.05, 3.63) is 125 Å². The van der Waals surface area contributed by atoms with Crippen molar-refractivity contribution >= 4 is 17.8 Å². The number of nitrogens with zero attached hydrogens (tertiary/aromatic N) is 1. The molecule has 0 aromatic heterocycles. The molecule has 4 aromatic carbocycles. The highest BCUT2D eigenvalue weighted by atomic mass is 19.1. The van der Waals surface area contributed by atoms with Crippen molar-refractivity contribution in [2.45, 2.75) is 19.4 Å². The molecule has 0 radical (unpaired) electrons. The van der Waals surface area contributed by atoms with Gasteiger partial charge in [0, 0.05) is 36.8 Å². The number of ether oxygens (including phenoxy) is 1. The monoisotopic (exact) mass is 572 g/mol. The van der Waals surface area contributed by atoms with E-state index in [9.17, 15) is 28.3 Å². The first-order valence-corrected chi connectivity index (χ1v) is 13.3. The quantitative estimate of drug-likeness (QED) is 0.226. The second kappa shape index (κ2) is 14.0. The Morgan fingerprint density at radius 1 is 0.786 bits per heavy atom. The van der Waals surface area contributed by atoms with E-state index in [1.165, 1.54) is 4.90 Å². The van der Waals surface area contributed by atoms with Crippen molar-refractivity contribution in [1.82, 2.24) is 10.2 Å². The van der Waals surface area contributed by atoms with Gasteiger partial charge in [-0.15, -0.1) is 0 Å². The average molecular weight is 573 g/mol. The van der Waals surface area contributed by atoms with E-state index >= 15 is 0 Å². The molecule has 0 aliphatic carbocycles. The molecule has 2 N–H and O–H groups in total. The molecule has 216 valence electrons. The van der Waals surface area contributed by atoms with Crippen molar-refractivity contribution in [2.75, 3.05) is 20.2 Å². The number of benzene rings is 4. The summed E-state index contributed by atoms with van der Waals surface area (Å²) in [5.74, 6) is -2.70. The van der Waals surface area contributed by atoms with Crippen LogP contribution >= 0.6 is 0 Å². The third-order valence-electron chi connectivity index (χ3n) is 6.68. The molecule has 9 heteroatoms. The summed E-state index contributed by atoms with van der Waals surface area (Å²) in [6.45, 7) is 0.161. The predicted molar refractivity (Wildman–Crippen MR) is 154 cm³/mol. The zero-order valence-corrected chi connectivity index (χ0v) is 23.0. The highest BCUT2D eigenvalue weighted by molar-refractivity contribution is 6.06. The molecular formula is C33H30F2N2O5. The van der Waals surface area contributed by atoms with Crippen LogP contribution in [0.3, 0.4) is 0 Å². The molecule has 0 unspecified atom stereocenters. The molecule has 0 bridgehead atoms. The Labute approximate surface area is 242 Å². The number of aliphatic carboxylic acids is 1. The fourth-order valence-corrected chi connectivity index (χ4v) is 4.62. The van der Waals surface area contributed by atoms with Gasteiger partial charge in [-0.2, -0.15) is 0 Å². The lowest BCUT2D eigenvalue weighted by Gasteiger charge is -2.24. The molecule has 0 fully saturated rings. The molecule has 4 rings (SSSR count). The Balaban J connectivity index is 1.60. The molecule has 2 amide bonds. The lowest BCUT2D eigenvalue weighted by molar-refractivity contribution is -0.137. The van der Waals surface area contributed by atoms with E-state index in [2.05, 4.69) is 5.32 Å². The van der Waals surface area contributed by atoms with E-state index in [0.29, 0.717) is 28.9 Å². The van der Waals surface area contributed by atoms with Gasteiger partial charge in [-0.3, -0.25) is 14.4 Å². The SMILES string of the molecule is COc1cccc(CCN(CCC(=O)O)C(=O)c2ccccc2-c2ccccc2C(=O)NCc2cc(F)cc(F)c2)c1. The number of hydrogen-bond donors (Lipinski definition) is 2. The minimum Gasteiger partial charge on any atom is -0.497 e. The Kier molecular flexibility index (Phi) is 9.99. The topological polar surface area (TPSA) is 95.9 Å². The van der Waals surface area contributed by atoms with Crippen LogP contribution in [0.5, 0.6) is 5.75 Å². The summed E-state index contributed by atoms with van der Waals surface area (Å²) in [7, 11) is 1.57. The maximum Gasteiger partial charge on any atom is 0.305 e. The zero-order chi connectivity index (χ0) is 30.1. The number of rotatable bonds is 12. The van der Waals surface area contributed by atoms with Crippen LogP contribution < -0.4 is 10.1 Å². The van der Waals surface area contributed by atoms with E-state index in [1.54, 1.807) is 55.6 Å². The maximum absolute atomic E-state index is 13.9. The predicted octanol–water partition coefficient (Wildman–Crippen LogP) is 5.73. The van der Waals surface area contributed by atoms with Crippen LogP contribution in [-0.4, -0.2) is 48.0 Å². The molecule has 0 aliphatic heterocycles. The van der Waals surface area contributed by atoms with Gasteiger partial charge in [0.25, 0.3) is 11.8 Å². The van der Waals surface area contributed by atoms with Crippen molar-refractivity contribution in [1.29, 1.82) is 0 Å². The first-order valence-electron chi connectivity index (χ1n) is 13.3. The third-order valence-corrected chi connectivity index (χ3v) is 6.68. The maximum atomic E-state index is 13.9. The lowest BCUT2D eigenvalue weighted by Crippen LogP contribution is -2.35. The molecule has 0 saturated carbocycles. The van der Waals surface area contributed by atoms with Crippen LogP contribution in [0.2, 0.25) is 0 Å². The number of nitrogens with one attached hydrogen (secondary N) is 1. The normalized spacial score (nSPS) is 10.6. The second-order valence-electron chi connectivity index (χ2n) is 9.59. The van der Waals surface area contributed by atoms with Crippen molar-refractivity contribution in [3.8, 4) is 16.9 Å². The van der Waals surface area contributed by atoms with Gasteiger partial charge in [0.05, 0.1) is 13.5 Å². The van der Waals surface area contributed by atoms with Gasteiger partial charge in [-0.25, -0.2) is 8.78 Å². The van der Waals surface area contributed by atoms with Crippen LogP contribution in [0.4, 0.5) is 8.78 Å². The van der Waals surface area contributed by atoms with Crippen molar-refractivity contribution in [3.63, 3.8) is 0 Å².